The van der Waals surface area contributed by atoms with Crippen molar-refractivity contribution in [3.63, 3.8) is 0 Å². The second kappa shape index (κ2) is 6.32. The van der Waals surface area contributed by atoms with Crippen LogP contribution in [0.25, 0.3) is 0 Å². The maximum absolute atomic E-state index is 12.0. The Kier molecular flexibility index (Phi) is 4.50. The molecule has 0 saturated carbocycles. The highest BCUT2D eigenvalue weighted by Gasteiger charge is 2.12. The number of thiophene rings is 1. The molecule has 6 nitrogen and oxygen atoms in total. The monoisotopic (exact) mass is 290 g/mol. The van der Waals surface area contributed by atoms with Gasteiger partial charge in [-0.05, 0) is 18.6 Å². The average molecular weight is 290 g/mol. The highest BCUT2D eigenvalue weighted by Crippen LogP contribution is 2.20. The second-order valence-corrected chi connectivity index (χ2v) is 5.09. The fourth-order valence-corrected chi connectivity index (χ4v) is 2.47. The fourth-order valence-electron chi connectivity index (χ4n) is 1.51. The topological polar surface area (TPSA) is 94.0 Å². The average Bonchev–Trinajstić information content (AvgIpc) is 3.00. The first kappa shape index (κ1) is 14.2. The van der Waals surface area contributed by atoms with Crippen LogP contribution in [0.15, 0.2) is 10.6 Å². The molecule has 0 spiro atoms. The molecule has 2 rings (SSSR count). The lowest BCUT2D eigenvalue weighted by atomic mass is 10.2. The van der Waals surface area contributed by atoms with Gasteiger partial charge in [0, 0.05) is 6.92 Å². The molecule has 0 fully saturated rings. The number of rotatable bonds is 3. The van der Waals surface area contributed by atoms with Crippen molar-refractivity contribution in [2.24, 2.45) is 5.73 Å². The lowest BCUT2D eigenvalue weighted by Gasteiger charge is -1.98. The maximum atomic E-state index is 12.0. The molecule has 0 aliphatic heterocycles. The number of carbonyl (C=O) groups is 1. The van der Waals surface area contributed by atoms with Gasteiger partial charge in [-0.1, -0.05) is 17.0 Å². The number of hydrogen-bond acceptors (Lipinski definition) is 6. The molecule has 20 heavy (non-hydrogen) atoms. The highest BCUT2D eigenvalue weighted by molar-refractivity contribution is 7.14. The first-order valence-corrected chi connectivity index (χ1v) is 6.78. The summed E-state index contributed by atoms with van der Waals surface area (Å²) in [5.74, 6) is 6.48. The molecular weight excluding hydrogens is 276 g/mol. The zero-order valence-corrected chi connectivity index (χ0v) is 12.0. The summed E-state index contributed by atoms with van der Waals surface area (Å²) >= 11 is 1.34. The van der Waals surface area contributed by atoms with Crippen LogP contribution in [0.1, 0.15) is 31.8 Å². The first-order valence-electron chi connectivity index (χ1n) is 5.97. The molecular formula is C13H14N4O2S. The Bertz CT molecular complexity index is 678. The predicted octanol–water partition coefficient (Wildman–Crippen LogP) is 0.988. The fraction of sp³-hybridized carbons (Fsp3) is 0.308. The van der Waals surface area contributed by atoms with E-state index < -0.39 is 0 Å². The van der Waals surface area contributed by atoms with E-state index in [2.05, 4.69) is 27.3 Å². The first-order chi connectivity index (χ1) is 9.60. The van der Waals surface area contributed by atoms with Gasteiger partial charge >= 0.3 is 0 Å². The number of aromatic nitrogens is 2. The van der Waals surface area contributed by atoms with E-state index >= 15 is 0 Å². The SMILES string of the molecule is Cc1nc(CNC(=O)c2cc(C)c(C#CCN)s2)no1. The zero-order valence-electron chi connectivity index (χ0n) is 11.2. The van der Waals surface area contributed by atoms with Gasteiger partial charge in [0.25, 0.3) is 5.91 Å². The molecule has 7 heteroatoms. The van der Waals surface area contributed by atoms with Crippen LogP contribution in [0.2, 0.25) is 0 Å². The summed E-state index contributed by atoms with van der Waals surface area (Å²) < 4.78 is 4.83. The van der Waals surface area contributed by atoms with Crippen LogP contribution in [0.3, 0.4) is 0 Å². The van der Waals surface area contributed by atoms with Crippen LogP contribution in [0.5, 0.6) is 0 Å². The second-order valence-electron chi connectivity index (χ2n) is 4.04. The molecule has 1 amide bonds. The number of carbonyl (C=O) groups excluding carboxylic acids is 1. The Hall–Kier alpha value is -2.17. The van der Waals surface area contributed by atoms with Gasteiger partial charge in [0.05, 0.1) is 22.8 Å². The summed E-state index contributed by atoms with van der Waals surface area (Å²) in [4.78, 5) is 17.5. The normalized spacial score (nSPS) is 9.95. The Morgan fingerprint density at radius 1 is 1.55 bits per heavy atom. The van der Waals surface area contributed by atoms with Crippen molar-refractivity contribution in [2.45, 2.75) is 20.4 Å². The predicted molar refractivity (Wildman–Crippen MR) is 75.2 cm³/mol. The molecule has 3 N–H and O–H groups in total. The number of hydrogen-bond donors (Lipinski definition) is 2. The van der Waals surface area contributed by atoms with Crippen molar-refractivity contribution in [2.75, 3.05) is 6.54 Å². The molecule has 0 aliphatic rings. The molecule has 0 bridgehead atoms. The highest BCUT2D eigenvalue weighted by atomic mass is 32.1. The van der Waals surface area contributed by atoms with Gasteiger partial charge in [0.15, 0.2) is 5.82 Å². The van der Waals surface area contributed by atoms with E-state index in [1.807, 2.05) is 13.0 Å². The van der Waals surface area contributed by atoms with Crippen molar-refractivity contribution >= 4 is 17.2 Å². The van der Waals surface area contributed by atoms with E-state index in [1.165, 1.54) is 11.3 Å². The maximum Gasteiger partial charge on any atom is 0.261 e. The molecule has 104 valence electrons. The van der Waals surface area contributed by atoms with Crippen molar-refractivity contribution < 1.29 is 9.32 Å². The molecule has 0 atom stereocenters. The zero-order chi connectivity index (χ0) is 14.5. The summed E-state index contributed by atoms with van der Waals surface area (Å²) in [6, 6.07) is 1.81. The Morgan fingerprint density at radius 3 is 3.00 bits per heavy atom. The molecule has 0 aromatic carbocycles. The van der Waals surface area contributed by atoms with Gasteiger partial charge in [-0.15, -0.1) is 11.3 Å². The summed E-state index contributed by atoms with van der Waals surface area (Å²) in [7, 11) is 0. The van der Waals surface area contributed by atoms with Gasteiger partial charge in [-0.25, -0.2) is 0 Å². The van der Waals surface area contributed by atoms with Crippen LogP contribution in [0.4, 0.5) is 0 Å². The van der Waals surface area contributed by atoms with Crippen LogP contribution in [0, 0.1) is 25.7 Å². The van der Waals surface area contributed by atoms with Gasteiger partial charge in [0.1, 0.15) is 0 Å². The summed E-state index contributed by atoms with van der Waals surface area (Å²) in [6.45, 7) is 4.15. The summed E-state index contributed by atoms with van der Waals surface area (Å²) in [5.41, 5.74) is 6.31. The number of nitrogens with two attached hydrogens (primary N) is 1. The summed E-state index contributed by atoms with van der Waals surface area (Å²) in [6.07, 6.45) is 0. The third-order valence-corrected chi connectivity index (χ3v) is 3.57. The minimum absolute atomic E-state index is 0.179. The van der Waals surface area contributed by atoms with E-state index in [-0.39, 0.29) is 12.5 Å². The van der Waals surface area contributed by atoms with Crippen LogP contribution >= 0.6 is 11.3 Å². The number of aryl methyl sites for hydroxylation is 2. The quantitative estimate of drug-likeness (QED) is 0.822. The lowest BCUT2D eigenvalue weighted by molar-refractivity contribution is 0.0953. The molecule has 0 unspecified atom stereocenters. The van der Waals surface area contributed by atoms with E-state index in [0.717, 1.165) is 10.4 Å². The van der Waals surface area contributed by atoms with Crippen LogP contribution in [-0.2, 0) is 6.54 Å². The molecule has 0 saturated heterocycles. The van der Waals surface area contributed by atoms with Crippen molar-refractivity contribution in [3.8, 4) is 11.8 Å². The molecule has 2 aromatic heterocycles. The lowest BCUT2D eigenvalue weighted by Crippen LogP contribution is -2.22. The van der Waals surface area contributed by atoms with Crippen molar-refractivity contribution in [1.29, 1.82) is 0 Å². The van der Waals surface area contributed by atoms with E-state index in [1.54, 1.807) is 6.92 Å². The minimum atomic E-state index is -0.179. The van der Waals surface area contributed by atoms with Crippen molar-refractivity contribution in [1.82, 2.24) is 15.5 Å². The number of nitrogens with one attached hydrogen (secondary N) is 1. The van der Waals surface area contributed by atoms with Crippen molar-refractivity contribution in [3.05, 3.63) is 33.1 Å². The van der Waals surface area contributed by atoms with Crippen LogP contribution < -0.4 is 11.1 Å². The summed E-state index contributed by atoms with van der Waals surface area (Å²) in [5, 5.41) is 6.45. The van der Waals surface area contributed by atoms with E-state index in [9.17, 15) is 4.79 Å². The largest absolute Gasteiger partial charge is 0.344 e. The Balaban J connectivity index is 2.02. The van der Waals surface area contributed by atoms with E-state index in [4.69, 9.17) is 10.3 Å². The Labute approximate surface area is 120 Å². The Morgan fingerprint density at radius 2 is 2.35 bits per heavy atom. The van der Waals surface area contributed by atoms with Gasteiger partial charge in [-0.3, -0.25) is 4.79 Å². The number of amides is 1. The van der Waals surface area contributed by atoms with Crippen LogP contribution in [-0.4, -0.2) is 22.6 Å². The standard InChI is InChI=1S/C13H14N4O2S/c1-8-6-11(20-10(8)4-3-5-14)13(18)15-7-12-16-9(2)19-17-12/h6H,5,7,14H2,1-2H3,(H,15,18). The third kappa shape index (κ3) is 3.44. The molecule has 2 heterocycles. The molecule has 2 aromatic rings. The molecule has 0 radical (unpaired) electrons. The molecule has 0 aliphatic carbocycles. The van der Waals surface area contributed by atoms with Gasteiger partial charge in [-0.2, -0.15) is 4.98 Å². The van der Waals surface area contributed by atoms with Gasteiger partial charge < -0.3 is 15.6 Å². The van der Waals surface area contributed by atoms with E-state index in [0.29, 0.717) is 23.1 Å². The third-order valence-electron chi connectivity index (χ3n) is 2.42. The smallest absolute Gasteiger partial charge is 0.261 e. The minimum Gasteiger partial charge on any atom is -0.344 e. The van der Waals surface area contributed by atoms with Gasteiger partial charge in [0.2, 0.25) is 5.89 Å². The number of nitrogens with zero attached hydrogens (tertiary/aromatic N) is 2.